The van der Waals surface area contributed by atoms with E-state index in [9.17, 15) is 4.79 Å². The van der Waals surface area contributed by atoms with Gasteiger partial charge in [-0.2, -0.15) is 0 Å². The van der Waals surface area contributed by atoms with E-state index >= 15 is 0 Å². The largest absolute Gasteiger partial charge is 0.399 e. The van der Waals surface area contributed by atoms with E-state index < -0.39 is 0 Å². The molecule has 0 radical (unpaired) electrons. The molecule has 1 aromatic rings. The number of hydrogen-bond acceptors (Lipinski definition) is 3. The minimum Gasteiger partial charge on any atom is -0.399 e. The average molecular weight is 313 g/mol. The van der Waals surface area contributed by atoms with Gasteiger partial charge in [0.15, 0.2) is 0 Å². The summed E-state index contributed by atoms with van der Waals surface area (Å²) in [6.07, 6.45) is 6.02. The molecule has 0 aromatic heterocycles. The topological polar surface area (TPSA) is 46.3 Å². The van der Waals surface area contributed by atoms with Gasteiger partial charge in [0.2, 0.25) is 5.91 Å². The Morgan fingerprint density at radius 3 is 2.80 bits per heavy atom. The van der Waals surface area contributed by atoms with Crippen molar-refractivity contribution in [3.05, 3.63) is 23.2 Å². The average Bonchev–Trinajstić information content (AvgIpc) is 2.48. The van der Waals surface area contributed by atoms with Crippen molar-refractivity contribution in [2.75, 3.05) is 18.5 Å². The molecule has 0 aliphatic heterocycles. The maximum Gasteiger partial charge on any atom is 0.232 e. The predicted octanol–water partition coefficient (Wildman–Crippen LogP) is 3.81. The second-order valence-corrected chi connectivity index (χ2v) is 6.70. The number of nitrogens with two attached hydrogens (primary N) is 1. The van der Waals surface area contributed by atoms with Crippen molar-refractivity contribution >= 4 is 35.0 Å². The van der Waals surface area contributed by atoms with Crippen molar-refractivity contribution in [3.8, 4) is 0 Å². The first-order valence-corrected chi connectivity index (χ1v) is 8.38. The van der Waals surface area contributed by atoms with Crippen LogP contribution in [0.1, 0.15) is 32.1 Å². The Hall–Kier alpha value is -0.870. The van der Waals surface area contributed by atoms with Crippen molar-refractivity contribution in [2.45, 2.75) is 43.0 Å². The lowest BCUT2D eigenvalue weighted by Crippen LogP contribution is -2.39. The van der Waals surface area contributed by atoms with Gasteiger partial charge in [-0.3, -0.25) is 4.79 Å². The zero-order chi connectivity index (χ0) is 14.5. The van der Waals surface area contributed by atoms with Crippen LogP contribution in [0, 0.1) is 0 Å². The second-order valence-electron chi connectivity index (χ2n) is 5.28. The summed E-state index contributed by atoms with van der Waals surface area (Å²) in [6.45, 7) is 0. The van der Waals surface area contributed by atoms with Crippen LogP contribution in [-0.2, 0) is 4.79 Å². The van der Waals surface area contributed by atoms with Gasteiger partial charge in [-0.25, -0.2) is 0 Å². The number of carbonyl (C=O) groups excluding carboxylic acids is 1. The lowest BCUT2D eigenvalue weighted by molar-refractivity contribution is -0.129. The number of hydrogen-bond donors (Lipinski definition) is 1. The Bertz CT molecular complexity index is 475. The zero-order valence-electron chi connectivity index (χ0n) is 11.8. The molecule has 5 heteroatoms. The van der Waals surface area contributed by atoms with E-state index in [0.717, 1.165) is 17.7 Å². The van der Waals surface area contributed by atoms with E-state index in [4.69, 9.17) is 17.3 Å². The van der Waals surface area contributed by atoms with Crippen LogP contribution in [0.5, 0.6) is 0 Å². The molecule has 20 heavy (non-hydrogen) atoms. The van der Waals surface area contributed by atoms with Crippen LogP contribution >= 0.6 is 23.4 Å². The van der Waals surface area contributed by atoms with E-state index in [1.807, 2.05) is 18.0 Å². The summed E-state index contributed by atoms with van der Waals surface area (Å²) in [5.74, 6) is 0.580. The molecule has 2 N–H and O–H groups in total. The highest BCUT2D eigenvalue weighted by atomic mass is 35.5. The second kappa shape index (κ2) is 7.23. The van der Waals surface area contributed by atoms with Crippen molar-refractivity contribution < 1.29 is 4.79 Å². The number of rotatable bonds is 4. The quantitative estimate of drug-likeness (QED) is 0.679. The van der Waals surface area contributed by atoms with Crippen molar-refractivity contribution in [1.29, 1.82) is 0 Å². The number of nitrogen functional groups attached to an aromatic ring is 1. The molecule has 110 valence electrons. The standard InChI is InChI=1S/C15H21ClN2OS/c1-18(12-5-3-2-4-6-12)15(19)10-20-14-9-11(17)7-8-13(14)16/h7-9,12H,2-6,10,17H2,1H3. The van der Waals surface area contributed by atoms with Gasteiger partial charge in [0.05, 0.1) is 10.8 Å². The van der Waals surface area contributed by atoms with Crippen LogP contribution in [0.15, 0.2) is 23.1 Å². The molecule has 0 heterocycles. The number of benzene rings is 1. The van der Waals surface area contributed by atoms with Crippen LogP contribution in [-0.4, -0.2) is 29.6 Å². The third kappa shape index (κ3) is 4.06. The summed E-state index contributed by atoms with van der Waals surface area (Å²) in [4.78, 5) is 15.0. The monoisotopic (exact) mass is 312 g/mol. The summed E-state index contributed by atoms with van der Waals surface area (Å²) < 4.78 is 0. The maximum atomic E-state index is 12.2. The lowest BCUT2D eigenvalue weighted by Gasteiger charge is -2.31. The van der Waals surface area contributed by atoms with Gasteiger partial charge in [0, 0.05) is 23.7 Å². The summed E-state index contributed by atoms with van der Waals surface area (Å²) in [5, 5.41) is 0.650. The molecule has 1 fully saturated rings. The van der Waals surface area contributed by atoms with Crippen LogP contribution in [0.25, 0.3) is 0 Å². The number of halogens is 1. The molecule has 1 aromatic carbocycles. The van der Waals surface area contributed by atoms with Crippen molar-refractivity contribution in [2.24, 2.45) is 0 Å². The molecule has 2 rings (SSSR count). The maximum absolute atomic E-state index is 12.2. The Morgan fingerprint density at radius 2 is 2.10 bits per heavy atom. The van der Waals surface area contributed by atoms with Gasteiger partial charge >= 0.3 is 0 Å². The third-order valence-corrected chi connectivity index (χ3v) is 5.30. The van der Waals surface area contributed by atoms with E-state index in [1.54, 1.807) is 12.1 Å². The van der Waals surface area contributed by atoms with Crippen LogP contribution < -0.4 is 5.73 Å². The van der Waals surface area contributed by atoms with Crippen LogP contribution in [0.3, 0.4) is 0 Å². The predicted molar refractivity (Wildman–Crippen MR) is 86.2 cm³/mol. The van der Waals surface area contributed by atoms with Gasteiger partial charge in [0.1, 0.15) is 0 Å². The van der Waals surface area contributed by atoms with Crippen LogP contribution in [0.2, 0.25) is 5.02 Å². The van der Waals surface area contributed by atoms with Gasteiger partial charge in [0.25, 0.3) is 0 Å². The highest BCUT2D eigenvalue weighted by Crippen LogP contribution is 2.29. The molecular weight excluding hydrogens is 292 g/mol. The molecule has 3 nitrogen and oxygen atoms in total. The highest BCUT2D eigenvalue weighted by Gasteiger charge is 2.22. The fourth-order valence-corrected chi connectivity index (χ4v) is 3.73. The molecule has 1 amide bonds. The van der Waals surface area contributed by atoms with Crippen molar-refractivity contribution in [1.82, 2.24) is 4.90 Å². The molecule has 0 bridgehead atoms. The molecule has 1 aliphatic rings. The molecule has 0 spiro atoms. The molecular formula is C15H21ClN2OS. The van der Waals surface area contributed by atoms with Gasteiger partial charge < -0.3 is 10.6 Å². The molecule has 0 saturated heterocycles. The van der Waals surface area contributed by atoms with Crippen LogP contribution in [0.4, 0.5) is 5.69 Å². The summed E-state index contributed by atoms with van der Waals surface area (Å²) in [6, 6.07) is 5.77. The summed E-state index contributed by atoms with van der Waals surface area (Å²) in [7, 11) is 1.92. The Morgan fingerprint density at radius 1 is 1.40 bits per heavy atom. The number of anilines is 1. The Labute approximate surface area is 129 Å². The van der Waals surface area contributed by atoms with Gasteiger partial charge in [-0.05, 0) is 31.0 Å². The summed E-state index contributed by atoms with van der Waals surface area (Å²) in [5.41, 5.74) is 6.41. The summed E-state index contributed by atoms with van der Waals surface area (Å²) >= 11 is 7.57. The molecule has 0 unspecified atom stereocenters. The number of thioether (sulfide) groups is 1. The first-order chi connectivity index (χ1) is 9.58. The minimum absolute atomic E-state index is 0.167. The first kappa shape index (κ1) is 15.5. The van der Waals surface area contributed by atoms with E-state index in [-0.39, 0.29) is 5.91 Å². The lowest BCUT2D eigenvalue weighted by atomic mass is 9.94. The van der Waals surface area contributed by atoms with E-state index in [1.165, 1.54) is 31.0 Å². The highest BCUT2D eigenvalue weighted by molar-refractivity contribution is 8.00. The smallest absolute Gasteiger partial charge is 0.232 e. The number of amides is 1. The number of carbonyl (C=O) groups is 1. The third-order valence-electron chi connectivity index (χ3n) is 3.82. The molecule has 1 aliphatic carbocycles. The van der Waals surface area contributed by atoms with E-state index in [2.05, 4.69) is 0 Å². The van der Waals surface area contributed by atoms with E-state index in [0.29, 0.717) is 22.5 Å². The normalized spacial score (nSPS) is 16.1. The van der Waals surface area contributed by atoms with Gasteiger partial charge in [-0.1, -0.05) is 30.9 Å². The fourth-order valence-electron chi connectivity index (χ4n) is 2.54. The van der Waals surface area contributed by atoms with Crippen molar-refractivity contribution in [3.63, 3.8) is 0 Å². The molecule has 1 saturated carbocycles. The molecule has 0 atom stereocenters. The Kier molecular flexibility index (Phi) is 5.61. The number of nitrogens with zero attached hydrogens (tertiary/aromatic N) is 1. The minimum atomic E-state index is 0.167. The first-order valence-electron chi connectivity index (χ1n) is 7.01. The zero-order valence-corrected chi connectivity index (χ0v) is 13.3. The SMILES string of the molecule is CN(C(=O)CSc1cc(N)ccc1Cl)C1CCCCC1. The Balaban J connectivity index is 1.89. The fraction of sp³-hybridized carbons (Fsp3) is 0.533. The van der Waals surface area contributed by atoms with Gasteiger partial charge in [-0.15, -0.1) is 11.8 Å².